The molecule has 1 aromatic rings. The Bertz CT molecular complexity index is 336. The Morgan fingerprint density at radius 3 is 2.60 bits per heavy atom. The highest BCUT2D eigenvalue weighted by Crippen LogP contribution is 2.28. The van der Waals surface area contributed by atoms with Crippen LogP contribution >= 0.6 is 0 Å². The third-order valence-electron chi connectivity index (χ3n) is 2.35. The molecule has 0 fully saturated rings. The smallest absolute Gasteiger partial charge is 0.225 e. The highest BCUT2D eigenvalue weighted by Gasteiger charge is 2.19. The Labute approximate surface area is 90.2 Å². The standard InChI is InChI=1S/C12H17NO2/c1-3-9(12(13)14)10-7-5-6-8-11(10)15-4-2/h5-9H,3-4H2,1-2H3,(H2,13,14). The lowest BCUT2D eigenvalue weighted by Gasteiger charge is -2.15. The molecule has 1 amide bonds. The number of hydrogen-bond donors (Lipinski definition) is 1. The minimum absolute atomic E-state index is 0.257. The van der Waals surface area contributed by atoms with Crippen molar-refractivity contribution in [3.8, 4) is 5.75 Å². The molecule has 0 aliphatic carbocycles. The number of primary amides is 1. The lowest BCUT2D eigenvalue weighted by molar-refractivity contribution is -0.119. The van der Waals surface area contributed by atoms with E-state index in [9.17, 15) is 4.79 Å². The number of benzene rings is 1. The molecule has 1 atom stereocenters. The highest BCUT2D eigenvalue weighted by atomic mass is 16.5. The first-order chi connectivity index (χ1) is 7.20. The van der Waals surface area contributed by atoms with Crippen molar-refractivity contribution in [3.63, 3.8) is 0 Å². The normalized spacial score (nSPS) is 12.1. The first-order valence-corrected chi connectivity index (χ1v) is 5.21. The van der Waals surface area contributed by atoms with E-state index in [1.165, 1.54) is 0 Å². The zero-order valence-corrected chi connectivity index (χ0v) is 9.19. The fourth-order valence-corrected chi connectivity index (χ4v) is 1.63. The van der Waals surface area contributed by atoms with Gasteiger partial charge in [-0.15, -0.1) is 0 Å². The molecule has 0 aliphatic heterocycles. The van der Waals surface area contributed by atoms with Crippen LogP contribution in [0.4, 0.5) is 0 Å². The van der Waals surface area contributed by atoms with Crippen LogP contribution in [0.25, 0.3) is 0 Å². The van der Waals surface area contributed by atoms with Crippen molar-refractivity contribution < 1.29 is 9.53 Å². The van der Waals surface area contributed by atoms with Crippen molar-refractivity contribution in [2.75, 3.05) is 6.61 Å². The fourth-order valence-electron chi connectivity index (χ4n) is 1.63. The predicted octanol–water partition coefficient (Wildman–Crippen LogP) is 2.06. The summed E-state index contributed by atoms with van der Waals surface area (Å²) >= 11 is 0. The summed E-state index contributed by atoms with van der Waals surface area (Å²) in [5.74, 6) is 0.197. The van der Waals surface area contributed by atoms with Crippen LogP contribution in [0.2, 0.25) is 0 Å². The van der Waals surface area contributed by atoms with Crippen molar-refractivity contribution in [2.24, 2.45) is 5.73 Å². The number of nitrogens with two attached hydrogens (primary N) is 1. The Balaban J connectivity index is 3.04. The Morgan fingerprint density at radius 2 is 2.07 bits per heavy atom. The van der Waals surface area contributed by atoms with Gasteiger partial charge in [0, 0.05) is 5.56 Å². The van der Waals surface area contributed by atoms with Gasteiger partial charge in [0.1, 0.15) is 5.75 Å². The fraction of sp³-hybridized carbons (Fsp3) is 0.417. The number of para-hydroxylation sites is 1. The molecule has 2 N–H and O–H groups in total. The van der Waals surface area contributed by atoms with Crippen LogP contribution in [0.5, 0.6) is 5.75 Å². The minimum atomic E-state index is -0.301. The topological polar surface area (TPSA) is 52.3 Å². The van der Waals surface area contributed by atoms with Gasteiger partial charge in [-0.05, 0) is 19.4 Å². The maximum Gasteiger partial charge on any atom is 0.225 e. The third kappa shape index (κ3) is 2.72. The maximum atomic E-state index is 11.3. The van der Waals surface area contributed by atoms with Gasteiger partial charge in [0.2, 0.25) is 5.91 Å². The average Bonchev–Trinajstić information content (AvgIpc) is 2.21. The van der Waals surface area contributed by atoms with Gasteiger partial charge < -0.3 is 10.5 Å². The first-order valence-electron chi connectivity index (χ1n) is 5.21. The second-order valence-corrected chi connectivity index (χ2v) is 3.33. The van der Waals surface area contributed by atoms with E-state index in [1.807, 2.05) is 38.1 Å². The van der Waals surface area contributed by atoms with E-state index in [2.05, 4.69) is 0 Å². The molecule has 82 valence electrons. The molecule has 0 saturated heterocycles. The van der Waals surface area contributed by atoms with Crippen LogP contribution in [-0.4, -0.2) is 12.5 Å². The summed E-state index contributed by atoms with van der Waals surface area (Å²) in [5, 5.41) is 0. The van der Waals surface area contributed by atoms with Gasteiger partial charge in [0.25, 0.3) is 0 Å². The lowest BCUT2D eigenvalue weighted by Crippen LogP contribution is -2.21. The monoisotopic (exact) mass is 207 g/mol. The SMILES string of the molecule is CCOc1ccccc1C(CC)C(N)=O. The molecule has 3 heteroatoms. The number of carbonyl (C=O) groups is 1. The van der Waals surface area contributed by atoms with E-state index in [0.29, 0.717) is 13.0 Å². The lowest BCUT2D eigenvalue weighted by atomic mass is 9.95. The summed E-state index contributed by atoms with van der Waals surface area (Å²) in [6.45, 7) is 4.45. The summed E-state index contributed by atoms with van der Waals surface area (Å²) < 4.78 is 5.46. The van der Waals surface area contributed by atoms with Crippen molar-refractivity contribution in [3.05, 3.63) is 29.8 Å². The maximum absolute atomic E-state index is 11.3. The molecular formula is C12H17NO2. The minimum Gasteiger partial charge on any atom is -0.494 e. The number of ether oxygens (including phenoxy) is 1. The van der Waals surface area contributed by atoms with E-state index in [-0.39, 0.29) is 11.8 Å². The summed E-state index contributed by atoms with van der Waals surface area (Å²) in [6.07, 6.45) is 0.694. The Hall–Kier alpha value is -1.51. The van der Waals surface area contributed by atoms with Gasteiger partial charge in [0.05, 0.1) is 12.5 Å². The Morgan fingerprint density at radius 1 is 1.40 bits per heavy atom. The molecule has 0 saturated carbocycles. The van der Waals surface area contributed by atoms with Gasteiger partial charge in [-0.25, -0.2) is 0 Å². The molecule has 0 bridgehead atoms. The zero-order chi connectivity index (χ0) is 11.3. The van der Waals surface area contributed by atoms with Crippen LogP contribution in [0.15, 0.2) is 24.3 Å². The summed E-state index contributed by atoms with van der Waals surface area (Å²) in [7, 11) is 0. The molecule has 1 unspecified atom stereocenters. The molecule has 0 radical (unpaired) electrons. The molecule has 1 aromatic carbocycles. The summed E-state index contributed by atoms with van der Waals surface area (Å²) in [6, 6.07) is 7.54. The van der Waals surface area contributed by atoms with Crippen molar-refractivity contribution in [2.45, 2.75) is 26.2 Å². The number of rotatable bonds is 5. The molecule has 0 spiro atoms. The van der Waals surface area contributed by atoms with E-state index in [4.69, 9.17) is 10.5 Å². The second kappa shape index (κ2) is 5.39. The van der Waals surface area contributed by atoms with E-state index < -0.39 is 0 Å². The van der Waals surface area contributed by atoms with Crippen molar-refractivity contribution in [1.29, 1.82) is 0 Å². The molecule has 0 aliphatic rings. The highest BCUT2D eigenvalue weighted by molar-refractivity contribution is 5.82. The van der Waals surface area contributed by atoms with Gasteiger partial charge in [-0.1, -0.05) is 25.1 Å². The van der Waals surface area contributed by atoms with Crippen LogP contribution in [0.1, 0.15) is 31.7 Å². The number of amides is 1. The third-order valence-corrected chi connectivity index (χ3v) is 2.35. The molecule has 0 heterocycles. The van der Waals surface area contributed by atoms with E-state index in [1.54, 1.807) is 0 Å². The second-order valence-electron chi connectivity index (χ2n) is 3.33. The summed E-state index contributed by atoms with van der Waals surface area (Å²) in [4.78, 5) is 11.3. The van der Waals surface area contributed by atoms with Crippen LogP contribution < -0.4 is 10.5 Å². The zero-order valence-electron chi connectivity index (χ0n) is 9.19. The summed E-state index contributed by atoms with van der Waals surface area (Å²) in [5.41, 5.74) is 6.23. The quantitative estimate of drug-likeness (QED) is 0.803. The number of carbonyl (C=O) groups excluding carboxylic acids is 1. The molecule has 3 nitrogen and oxygen atoms in total. The van der Waals surface area contributed by atoms with Gasteiger partial charge in [0.15, 0.2) is 0 Å². The average molecular weight is 207 g/mol. The van der Waals surface area contributed by atoms with Gasteiger partial charge in [-0.3, -0.25) is 4.79 Å². The number of hydrogen-bond acceptors (Lipinski definition) is 2. The predicted molar refractivity (Wildman–Crippen MR) is 59.8 cm³/mol. The van der Waals surface area contributed by atoms with Crippen molar-refractivity contribution >= 4 is 5.91 Å². The first kappa shape index (κ1) is 11.6. The molecular weight excluding hydrogens is 190 g/mol. The van der Waals surface area contributed by atoms with Crippen LogP contribution in [-0.2, 0) is 4.79 Å². The Kier molecular flexibility index (Phi) is 4.16. The molecule has 0 aromatic heterocycles. The molecule has 15 heavy (non-hydrogen) atoms. The van der Waals surface area contributed by atoms with E-state index >= 15 is 0 Å². The van der Waals surface area contributed by atoms with E-state index in [0.717, 1.165) is 11.3 Å². The van der Waals surface area contributed by atoms with Gasteiger partial charge >= 0.3 is 0 Å². The largest absolute Gasteiger partial charge is 0.494 e. The molecule has 1 rings (SSSR count). The van der Waals surface area contributed by atoms with Crippen molar-refractivity contribution in [1.82, 2.24) is 0 Å². The van der Waals surface area contributed by atoms with Gasteiger partial charge in [-0.2, -0.15) is 0 Å². The van der Waals surface area contributed by atoms with Crippen LogP contribution in [0.3, 0.4) is 0 Å². The van der Waals surface area contributed by atoms with Crippen LogP contribution in [0, 0.1) is 0 Å².